The van der Waals surface area contributed by atoms with Crippen LogP contribution in [0, 0.1) is 0 Å². The SMILES string of the molecule is c1ccc(-c2ccc(N(c3cccc4ccccc34)c3cccc4c3sc3ccc(N(c5cccc(N(c6ccccc6)c6cccc7ccccc67)c5)c5ccc6sc7ccccc7c6c5)cc34)cc2)cc1.c1ccc(N(c2ccccc2)c2ccccc2-c2cccc(N(c3ccc(-c4cccc5ccccc45)cc3)c3ccc4sc5c(N(c6ccccc6)c6cc7ccccc7c7ccccc67)cccc5c4c3)c2)cc1. The number of fused-ring (bicyclic) bond motifs is 15. The van der Waals surface area contributed by atoms with Gasteiger partial charge in [0.25, 0.3) is 0 Å². The standard InChI is InChI=1S/C72H49N3S.C68H45N3S2/c1-4-25-54(26-5-1)74(55-27-6-2-7-28-55)68-39-17-16-34-63(68)52-24-18-31-58(47-52)73(57-43-41-51(42-44-57)61-37-19-23-50-21-10-12-32-60(50)61)59-45-46-71-67(49-59)66-38-20-40-69(72(66)76-71)75(56-29-8-3-9-30-56)70-48-53-22-11-13-33-62(53)64-35-14-15-36-65(64)70;1-3-17-46(18-4-1)47-35-37-51(38-36-47)71(63-32-14-22-49-20-8-10-28-57(49)63)64-33-16-30-59-61-45-55(40-42-67(61)73-68(59)64)69(54-39-41-66-60(44-54)58-29-11-12-34-65(58)72-66)52-25-15-26-53(43-52)70(50-23-5-2-6-24-50)62-31-13-21-48-19-7-9-27-56(48)62/h1-49H;1-45H. The molecule has 0 unspecified atom stereocenters. The van der Waals surface area contributed by atoms with Gasteiger partial charge in [0.05, 0.1) is 43.5 Å². The average Bonchev–Trinajstić information content (AvgIpc) is 1.70. The maximum atomic E-state index is 2.47. The molecule has 0 aliphatic carbocycles. The number of para-hydroxylation sites is 5. The normalized spacial score (nSPS) is 11.5. The van der Waals surface area contributed by atoms with Crippen LogP contribution in [0.4, 0.5) is 102 Å². The van der Waals surface area contributed by atoms with Crippen LogP contribution in [0.25, 0.3) is 148 Å². The van der Waals surface area contributed by atoms with Crippen molar-refractivity contribution in [3.63, 3.8) is 0 Å². The van der Waals surface area contributed by atoms with Crippen molar-refractivity contribution in [2.75, 3.05) is 29.4 Å². The van der Waals surface area contributed by atoms with Crippen LogP contribution in [0.15, 0.2) is 570 Å². The number of nitrogens with zero attached hydrogens (tertiary/aromatic N) is 6. The third-order valence-electron chi connectivity index (χ3n) is 29.0. The molecule has 0 fully saturated rings. The highest BCUT2D eigenvalue weighted by Crippen LogP contribution is 2.55. The average molecular weight is 1960 g/mol. The van der Waals surface area contributed by atoms with Gasteiger partial charge in [-0.2, -0.15) is 0 Å². The molecule has 6 nitrogen and oxygen atoms in total. The van der Waals surface area contributed by atoms with Crippen molar-refractivity contribution in [1.82, 2.24) is 0 Å². The number of hydrogen-bond acceptors (Lipinski definition) is 9. The first-order valence-corrected chi connectivity index (χ1v) is 53.1. The summed E-state index contributed by atoms with van der Waals surface area (Å²) in [5.74, 6) is 0. The summed E-state index contributed by atoms with van der Waals surface area (Å²) in [4.78, 5) is 14.6. The van der Waals surface area contributed by atoms with Crippen molar-refractivity contribution < 1.29 is 0 Å². The molecule has 3 heterocycles. The molecule has 702 valence electrons. The third-order valence-corrected chi connectivity index (χ3v) is 32.5. The summed E-state index contributed by atoms with van der Waals surface area (Å²) in [6.45, 7) is 0. The summed E-state index contributed by atoms with van der Waals surface area (Å²) in [6, 6.07) is 208. The van der Waals surface area contributed by atoms with Crippen molar-refractivity contribution in [3.8, 4) is 33.4 Å². The number of rotatable bonds is 21. The zero-order chi connectivity index (χ0) is 98.6. The Morgan fingerprint density at radius 2 is 0.416 bits per heavy atom. The molecule has 149 heavy (non-hydrogen) atoms. The zero-order valence-corrected chi connectivity index (χ0v) is 83.6. The van der Waals surface area contributed by atoms with Gasteiger partial charge in [-0.15, -0.1) is 34.0 Å². The first kappa shape index (κ1) is 89.1. The van der Waals surface area contributed by atoms with E-state index in [1.165, 1.54) is 137 Å². The second-order valence-corrected chi connectivity index (χ2v) is 40.9. The highest BCUT2D eigenvalue weighted by molar-refractivity contribution is 7.27. The van der Waals surface area contributed by atoms with E-state index in [9.17, 15) is 0 Å². The van der Waals surface area contributed by atoms with Gasteiger partial charge in [0.1, 0.15) is 0 Å². The summed E-state index contributed by atoms with van der Waals surface area (Å²) < 4.78 is 7.52. The van der Waals surface area contributed by atoms with Crippen molar-refractivity contribution in [3.05, 3.63) is 570 Å². The monoisotopic (exact) mass is 1950 g/mol. The Kier molecular flexibility index (Phi) is 23.2. The molecule has 3 aromatic heterocycles. The van der Waals surface area contributed by atoms with E-state index in [-0.39, 0.29) is 0 Å². The second-order valence-electron chi connectivity index (χ2n) is 37.7. The summed E-state index contributed by atoms with van der Waals surface area (Å²) >= 11 is 5.58. The van der Waals surface area contributed by atoms with Crippen LogP contribution in [0.2, 0.25) is 0 Å². The van der Waals surface area contributed by atoms with Gasteiger partial charge >= 0.3 is 0 Å². The minimum atomic E-state index is 1.06. The maximum absolute atomic E-state index is 2.47. The number of benzene rings is 25. The van der Waals surface area contributed by atoms with Gasteiger partial charge in [-0.05, 0) is 266 Å². The van der Waals surface area contributed by atoms with E-state index in [0.29, 0.717) is 0 Å². The van der Waals surface area contributed by atoms with Crippen LogP contribution in [-0.2, 0) is 0 Å². The molecule has 0 aliphatic heterocycles. The molecule has 25 aromatic carbocycles. The first-order valence-electron chi connectivity index (χ1n) is 50.6. The Morgan fingerprint density at radius 3 is 0.987 bits per heavy atom. The first-order chi connectivity index (χ1) is 73.9. The highest BCUT2D eigenvalue weighted by atomic mass is 32.1. The van der Waals surface area contributed by atoms with Gasteiger partial charge in [0.15, 0.2) is 0 Å². The quantitative estimate of drug-likeness (QED) is 0.0663. The molecular formula is C140H94N6S3. The molecule has 0 saturated heterocycles. The Labute approximate surface area is 876 Å². The van der Waals surface area contributed by atoms with Gasteiger partial charge < -0.3 is 29.4 Å². The van der Waals surface area contributed by atoms with Crippen LogP contribution >= 0.6 is 34.0 Å². The molecule has 0 spiro atoms. The van der Waals surface area contributed by atoms with Crippen molar-refractivity contribution in [1.29, 1.82) is 0 Å². The lowest BCUT2D eigenvalue weighted by Crippen LogP contribution is -2.13. The van der Waals surface area contributed by atoms with E-state index in [0.717, 1.165) is 113 Å². The topological polar surface area (TPSA) is 19.4 Å². The van der Waals surface area contributed by atoms with Crippen molar-refractivity contribution in [2.24, 2.45) is 0 Å². The lowest BCUT2D eigenvalue weighted by atomic mass is 9.98. The Hall–Kier alpha value is -18.7. The summed E-state index contributed by atoms with van der Waals surface area (Å²) in [7, 11) is 0. The Bertz CT molecular complexity index is 9850. The molecule has 0 amide bonds. The van der Waals surface area contributed by atoms with Gasteiger partial charge in [-0.25, -0.2) is 0 Å². The third kappa shape index (κ3) is 16.6. The van der Waals surface area contributed by atoms with Gasteiger partial charge in [0.2, 0.25) is 0 Å². The van der Waals surface area contributed by atoms with Gasteiger partial charge in [0, 0.05) is 141 Å². The van der Waals surface area contributed by atoms with Crippen molar-refractivity contribution in [2.45, 2.75) is 0 Å². The van der Waals surface area contributed by atoms with Gasteiger partial charge in [-0.3, -0.25) is 0 Å². The fourth-order valence-corrected chi connectivity index (χ4v) is 25.6. The molecule has 0 N–H and O–H groups in total. The second kappa shape index (κ2) is 38.7. The predicted molar refractivity (Wildman–Crippen MR) is 643 cm³/mol. The van der Waals surface area contributed by atoms with E-state index in [1.807, 2.05) is 34.0 Å². The summed E-state index contributed by atoms with van der Waals surface area (Å²) in [5, 5.41) is 19.7. The molecule has 28 aromatic rings. The van der Waals surface area contributed by atoms with E-state index < -0.39 is 0 Å². The number of anilines is 18. The van der Waals surface area contributed by atoms with E-state index in [2.05, 4.69) is 600 Å². The fourth-order valence-electron chi connectivity index (χ4n) is 22.1. The number of hydrogen-bond donors (Lipinski definition) is 0. The molecular weight excluding hydrogens is 1860 g/mol. The summed E-state index contributed by atoms with van der Waals surface area (Å²) in [5.41, 5.74) is 27.0. The highest BCUT2D eigenvalue weighted by Gasteiger charge is 2.29. The molecule has 0 saturated carbocycles. The van der Waals surface area contributed by atoms with Crippen molar-refractivity contribution >= 4 is 251 Å². The smallest absolute Gasteiger partial charge is 0.0640 e. The van der Waals surface area contributed by atoms with E-state index >= 15 is 0 Å². The van der Waals surface area contributed by atoms with Crippen LogP contribution in [0.5, 0.6) is 0 Å². The fraction of sp³-hybridized carbons (Fsp3) is 0. The largest absolute Gasteiger partial charge is 0.310 e. The minimum Gasteiger partial charge on any atom is -0.310 e. The van der Waals surface area contributed by atoms with E-state index in [4.69, 9.17) is 0 Å². The van der Waals surface area contributed by atoms with Crippen LogP contribution in [0.1, 0.15) is 0 Å². The summed E-state index contributed by atoms with van der Waals surface area (Å²) in [6.07, 6.45) is 0. The van der Waals surface area contributed by atoms with Crippen LogP contribution in [-0.4, -0.2) is 0 Å². The molecule has 0 aliphatic rings. The number of thiophene rings is 3. The van der Waals surface area contributed by atoms with Crippen LogP contribution < -0.4 is 29.4 Å². The molecule has 28 rings (SSSR count). The molecule has 9 heteroatoms. The Morgan fingerprint density at radius 1 is 0.114 bits per heavy atom. The molecule has 0 bridgehead atoms. The molecule has 0 radical (unpaired) electrons. The lowest BCUT2D eigenvalue weighted by molar-refractivity contribution is 1.26. The van der Waals surface area contributed by atoms with Gasteiger partial charge in [-0.1, -0.05) is 370 Å². The maximum Gasteiger partial charge on any atom is 0.0640 e. The predicted octanol–water partition coefficient (Wildman–Crippen LogP) is 42.1. The minimum absolute atomic E-state index is 1.06. The van der Waals surface area contributed by atoms with Crippen LogP contribution in [0.3, 0.4) is 0 Å². The van der Waals surface area contributed by atoms with E-state index in [1.54, 1.807) is 0 Å². The lowest BCUT2D eigenvalue weighted by Gasteiger charge is -2.30. The molecule has 0 atom stereocenters. The Balaban J connectivity index is 0.000000147. The zero-order valence-electron chi connectivity index (χ0n) is 81.2.